The van der Waals surface area contributed by atoms with Gasteiger partial charge in [-0.05, 0) is 22.0 Å². The van der Waals surface area contributed by atoms with Gasteiger partial charge in [0, 0.05) is 35.2 Å². The molecule has 1 aromatic carbocycles. The van der Waals surface area contributed by atoms with Gasteiger partial charge >= 0.3 is 0 Å². The lowest BCUT2D eigenvalue weighted by atomic mass is 10.2. The molecule has 0 saturated carbocycles. The standard InChI is InChI=1S/C11H10BrClN2/c12-10-7-2-1-3-8(13)11(7)15-5-4-14-6-9(10)15/h1-3,14H,4-6H2. The Morgan fingerprint density at radius 2 is 2.27 bits per heavy atom. The zero-order valence-electron chi connectivity index (χ0n) is 8.06. The van der Waals surface area contributed by atoms with E-state index in [9.17, 15) is 0 Å². The van der Waals surface area contributed by atoms with E-state index in [1.807, 2.05) is 12.1 Å². The summed E-state index contributed by atoms with van der Waals surface area (Å²) in [5.41, 5.74) is 2.45. The Morgan fingerprint density at radius 1 is 1.40 bits per heavy atom. The first-order valence-electron chi connectivity index (χ1n) is 4.95. The summed E-state index contributed by atoms with van der Waals surface area (Å²) >= 11 is 9.90. The van der Waals surface area contributed by atoms with Gasteiger partial charge in [-0.1, -0.05) is 23.7 Å². The summed E-state index contributed by atoms with van der Waals surface area (Å²) in [6.07, 6.45) is 0. The molecule has 78 valence electrons. The molecule has 2 heterocycles. The van der Waals surface area contributed by atoms with Gasteiger partial charge in [0.25, 0.3) is 0 Å². The fourth-order valence-electron chi connectivity index (χ4n) is 2.19. The third-order valence-electron chi connectivity index (χ3n) is 2.88. The lowest BCUT2D eigenvalue weighted by Crippen LogP contribution is -2.27. The molecule has 0 atom stereocenters. The summed E-state index contributed by atoms with van der Waals surface area (Å²) in [6, 6.07) is 6.05. The summed E-state index contributed by atoms with van der Waals surface area (Å²) in [5, 5.41) is 5.41. The van der Waals surface area contributed by atoms with E-state index in [1.165, 1.54) is 15.6 Å². The molecule has 0 bridgehead atoms. The number of rotatable bonds is 0. The second-order valence-electron chi connectivity index (χ2n) is 3.73. The maximum absolute atomic E-state index is 6.25. The van der Waals surface area contributed by atoms with Crippen LogP contribution in [0.25, 0.3) is 10.9 Å². The lowest BCUT2D eigenvalue weighted by Gasteiger charge is -2.17. The van der Waals surface area contributed by atoms with Crippen LogP contribution in [0.2, 0.25) is 5.02 Å². The van der Waals surface area contributed by atoms with E-state index < -0.39 is 0 Å². The van der Waals surface area contributed by atoms with Gasteiger partial charge in [-0.25, -0.2) is 0 Å². The highest BCUT2D eigenvalue weighted by molar-refractivity contribution is 9.10. The monoisotopic (exact) mass is 284 g/mol. The van der Waals surface area contributed by atoms with Gasteiger partial charge in [-0.3, -0.25) is 0 Å². The minimum absolute atomic E-state index is 0.835. The van der Waals surface area contributed by atoms with Crippen molar-refractivity contribution in [3.05, 3.63) is 33.4 Å². The molecule has 0 amide bonds. The predicted molar refractivity (Wildman–Crippen MR) is 66.4 cm³/mol. The number of halogens is 2. The Balaban J connectivity index is 2.44. The summed E-state index contributed by atoms with van der Waals surface area (Å²) in [7, 11) is 0. The summed E-state index contributed by atoms with van der Waals surface area (Å²) in [6.45, 7) is 2.90. The Labute approximate surface area is 101 Å². The molecule has 15 heavy (non-hydrogen) atoms. The number of aromatic nitrogens is 1. The molecule has 1 aromatic heterocycles. The minimum Gasteiger partial charge on any atom is -0.340 e. The van der Waals surface area contributed by atoms with Crippen molar-refractivity contribution < 1.29 is 0 Å². The lowest BCUT2D eigenvalue weighted by molar-refractivity contribution is 0.525. The van der Waals surface area contributed by atoms with Crippen molar-refractivity contribution in [2.75, 3.05) is 6.54 Å². The van der Waals surface area contributed by atoms with Crippen LogP contribution < -0.4 is 5.32 Å². The minimum atomic E-state index is 0.835. The summed E-state index contributed by atoms with van der Waals surface area (Å²) in [5.74, 6) is 0. The summed E-state index contributed by atoms with van der Waals surface area (Å²) in [4.78, 5) is 0. The highest BCUT2D eigenvalue weighted by atomic mass is 79.9. The van der Waals surface area contributed by atoms with Crippen LogP contribution in [0.15, 0.2) is 22.7 Å². The highest BCUT2D eigenvalue weighted by Crippen LogP contribution is 2.35. The molecule has 2 aromatic rings. The number of nitrogens with zero attached hydrogens (tertiary/aromatic N) is 1. The number of para-hydroxylation sites is 1. The first-order valence-corrected chi connectivity index (χ1v) is 6.12. The molecule has 0 spiro atoms. The second-order valence-corrected chi connectivity index (χ2v) is 4.93. The molecular weight excluding hydrogens is 275 g/mol. The summed E-state index contributed by atoms with van der Waals surface area (Å²) < 4.78 is 3.48. The normalized spacial score (nSPS) is 15.6. The Hall–Kier alpha value is -0.510. The van der Waals surface area contributed by atoms with Gasteiger partial charge in [-0.2, -0.15) is 0 Å². The van der Waals surface area contributed by atoms with Gasteiger partial charge in [0.05, 0.1) is 10.5 Å². The molecule has 3 rings (SSSR count). The molecule has 0 unspecified atom stereocenters. The van der Waals surface area contributed by atoms with Crippen LogP contribution in [0.4, 0.5) is 0 Å². The molecule has 4 heteroatoms. The van der Waals surface area contributed by atoms with Crippen molar-refractivity contribution in [1.82, 2.24) is 9.88 Å². The number of nitrogens with one attached hydrogen (secondary N) is 1. The Morgan fingerprint density at radius 3 is 3.13 bits per heavy atom. The van der Waals surface area contributed by atoms with Crippen LogP contribution >= 0.6 is 27.5 Å². The average molecular weight is 286 g/mol. The molecule has 0 saturated heterocycles. The number of benzene rings is 1. The molecule has 0 fully saturated rings. The van der Waals surface area contributed by atoms with Gasteiger partial charge in [0.1, 0.15) is 0 Å². The zero-order valence-corrected chi connectivity index (χ0v) is 10.4. The van der Waals surface area contributed by atoms with Crippen LogP contribution in [-0.4, -0.2) is 11.1 Å². The van der Waals surface area contributed by atoms with E-state index in [2.05, 4.69) is 31.9 Å². The van der Waals surface area contributed by atoms with Gasteiger partial charge < -0.3 is 9.88 Å². The number of hydrogen-bond acceptors (Lipinski definition) is 1. The highest BCUT2D eigenvalue weighted by Gasteiger charge is 2.19. The Kier molecular flexibility index (Phi) is 2.27. The van der Waals surface area contributed by atoms with Crippen LogP contribution in [0, 0.1) is 0 Å². The van der Waals surface area contributed by atoms with Crippen molar-refractivity contribution in [1.29, 1.82) is 0 Å². The largest absolute Gasteiger partial charge is 0.340 e. The Bertz CT molecular complexity index is 533. The topological polar surface area (TPSA) is 17.0 Å². The third kappa shape index (κ3) is 1.34. The smallest absolute Gasteiger partial charge is 0.0684 e. The van der Waals surface area contributed by atoms with Crippen LogP contribution in [-0.2, 0) is 13.1 Å². The maximum Gasteiger partial charge on any atom is 0.0684 e. The second kappa shape index (κ2) is 3.51. The van der Waals surface area contributed by atoms with Crippen molar-refractivity contribution in [3.63, 3.8) is 0 Å². The fraction of sp³-hybridized carbons (Fsp3) is 0.273. The molecule has 1 aliphatic heterocycles. The van der Waals surface area contributed by atoms with Crippen molar-refractivity contribution >= 4 is 38.4 Å². The first-order chi connectivity index (χ1) is 7.29. The average Bonchev–Trinajstić information content (AvgIpc) is 2.55. The van der Waals surface area contributed by atoms with E-state index in [1.54, 1.807) is 0 Å². The number of hydrogen-bond donors (Lipinski definition) is 1. The maximum atomic E-state index is 6.25. The molecule has 1 aliphatic rings. The van der Waals surface area contributed by atoms with E-state index in [0.29, 0.717) is 0 Å². The van der Waals surface area contributed by atoms with Gasteiger partial charge in [0.15, 0.2) is 0 Å². The van der Waals surface area contributed by atoms with Crippen molar-refractivity contribution in [3.8, 4) is 0 Å². The first kappa shape index (κ1) is 9.70. The van der Waals surface area contributed by atoms with Gasteiger partial charge in [-0.15, -0.1) is 0 Å². The van der Waals surface area contributed by atoms with Gasteiger partial charge in [0.2, 0.25) is 0 Å². The third-order valence-corrected chi connectivity index (χ3v) is 4.07. The molecule has 2 nitrogen and oxygen atoms in total. The fourth-order valence-corrected chi connectivity index (χ4v) is 3.14. The quantitative estimate of drug-likeness (QED) is 0.787. The molecular formula is C11H10BrClN2. The van der Waals surface area contributed by atoms with Crippen molar-refractivity contribution in [2.45, 2.75) is 13.1 Å². The van der Waals surface area contributed by atoms with E-state index in [4.69, 9.17) is 11.6 Å². The number of fused-ring (bicyclic) bond motifs is 3. The van der Waals surface area contributed by atoms with E-state index >= 15 is 0 Å². The van der Waals surface area contributed by atoms with Crippen LogP contribution in [0.1, 0.15) is 5.69 Å². The predicted octanol–water partition coefficient (Wildman–Crippen LogP) is 3.16. The SMILES string of the molecule is Clc1cccc2c(Br)c3n(c12)CCNC3. The molecule has 1 N–H and O–H groups in total. The molecule has 0 aliphatic carbocycles. The van der Waals surface area contributed by atoms with Crippen LogP contribution in [0.5, 0.6) is 0 Å². The molecule has 0 radical (unpaired) electrons. The van der Waals surface area contributed by atoms with E-state index in [0.717, 1.165) is 30.2 Å². The van der Waals surface area contributed by atoms with Crippen molar-refractivity contribution in [2.24, 2.45) is 0 Å². The zero-order chi connectivity index (χ0) is 10.4. The van der Waals surface area contributed by atoms with Crippen LogP contribution in [0.3, 0.4) is 0 Å². The van der Waals surface area contributed by atoms with E-state index in [-0.39, 0.29) is 0 Å².